The number of halogens is 1. The third kappa shape index (κ3) is 3.26. The van der Waals surface area contributed by atoms with E-state index in [1.165, 1.54) is 12.1 Å². The summed E-state index contributed by atoms with van der Waals surface area (Å²) in [5, 5.41) is 18.3. The Morgan fingerprint density at radius 3 is 2.83 bits per heavy atom. The molecule has 0 aromatic heterocycles. The van der Waals surface area contributed by atoms with Crippen LogP contribution in [0.25, 0.3) is 0 Å². The highest BCUT2D eigenvalue weighted by Gasteiger charge is 2.24. The van der Waals surface area contributed by atoms with Crippen LogP contribution in [0.3, 0.4) is 0 Å². The number of thioether (sulfide) groups is 1. The van der Waals surface area contributed by atoms with E-state index in [0.29, 0.717) is 16.6 Å². The monoisotopic (exact) mass is 270 g/mol. The second-order valence-electron chi connectivity index (χ2n) is 4.44. The predicted octanol–water partition coefficient (Wildman–Crippen LogP) is 0.916. The summed E-state index contributed by atoms with van der Waals surface area (Å²) in [6.45, 7) is 2.81. The van der Waals surface area contributed by atoms with E-state index in [0.717, 1.165) is 13.0 Å². The van der Waals surface area contributed by atoms with E-state index >= 15 is 0 Å². The Labute approximate surface area is 110 Å². The molecule has 1 fully saturated rings. The van der Waals surface area contributed by atoms with Crippen LogP contribution in [-0.2, 0) is 10.5 Å². The normalized spacial score (nSPS) is 23.3. The van der Waals surface area contributed by atoms with Crippen molar-refractivity contribution < 1.29 is 19.2 Å². The fourth-order valence-electron chi connectivity index (χ4n) is 1.97. The molecule has 6 heteroatoms. The van der Waals surface area contributed by atoms with Gasteiger partial charge in [-0.2, -0.15) is 11.8 Å². The molecule has 98 valence electrons. The van der Waals surface area contributed by atoms with Gasteiger partial charge in [-0.05, 0) is 30.4 Å². The van der Waals surface area contributed by atoms with E-state index in [9.17, 15) is 4.39 Å². The summed E-state index contributed by atoms with van der Waals surface area (Å²) < 4.78 is 19.2. The first-order valence-electron chi connectivity index (χ1n) is 5.95. The van der Waals surface area contributed by atoms with Crippen LogP contribution in [0.15, 0.2) is 18.2 Å². The molecule has 0 bridgehead atoms. The minimum atomic E-state index is -1.62. The Kier molecular flexibility index (Phi) is 4.67. The van der Waals surface area contributed by atoms with Crippen molar-refractivity contribution in [1.82, 2.24) is 0 Å². The van der Waals surface area contributed by atoms with Gasteiger partial charge in [0.25, 0.3) is 0 Å². The Bertz CT molecular complexity index is 416. The Balaban J connectivity index is 1.97. The average molecular weight is 270 g/mol. The molecule has 0 spiro atoms. The zero-order valence-electron chi connectivity index (χ0n) is 10.2. The number of hydrogen-bond acceptors (Lipinski definition) is 4. The van der Waals surface area contributed by atoms with Crippen molar-refractivity contribution in [3.63, 3.8) is 0 Å². The lowest BCUT2D eigenvalue weighted by Gasteiger charge is -2.14. The first-order chi connectivity index (χ1) is 8.58. The maximum Gasteiger partial charge on any atom is 0.488 e. The fraction of sp³-hybridized carbons (Fsp3) is 0.500. The average Bonchev–Trinajstić information content (AvgIpc) is 2.73. The summed E-state index contributed by atoms with van der Waals surface area (Å²) >= 11 is 1.68. The highest BCUT2D eigenvalue weighted by Crippen LogP contribution is 2.29. The summed E-state index contributed by atoms with van der Waals surface area (Å²) in [5.74, 6) is 0.186. The molecule has 2 rings (SSSR count). The van der Waals surface area contributed by atoms with Crippen molar-refractivity contribution in [3.8, 4) is 0 Å². The van der Waals surface area contributed by atoms with Crippen LogP contribution in [0.1, 0.15) is 18.9 Å². The minimum Gasteiger partial charge on any atom is -0.423 e. The lowest BCUT2D eigenvalue weighted by Crippen LogP contribution is -2.30. The molecule has 1 aliphatic heterocycles. The number of hydrogen-bond donors (Lipinski definition) is 2. The zero-order valence-corrected chi connectivity index (χ0v) is 11.0. The Morgan fingerprint density at radius 1 is 1.50 bits per heavy atom. The van der Waals surface area contributed by atoms with Gasteiger partial charge >= 0.3 is 7.12 Å². The minimum absolute atomic E-state index is 0.179. The molecule has 0 amide bonds. The molecule has 2 atom stereocenters. The van der Waals surface area contributed by atoms with E-state index in [-0.39, 0.29) is 17.4 Å². The van der Waals surface area contributed by atoms with Gasteiger partial charge in [-0.15, -0.1) is 0 Å². The molecule has 18 heavy (non-hydrogen) atoms. The van der Waals surface area contributed by atoms with E-state index < -0.39 is 7.12 Å². The molecular weight excluding hydrogens is 254 g/mol. The van der Waals surface area contributed by atoms with Crippen LogP contribution in [0.4, 0.5) is 4.39 Å². The Morgan fingerprint density at radius 2 is 2.28 bits per heavy atom. The number of ether oxygens (including phenoxy) is 1. The molecule has 0 aliphatic carbocycles. The van der Waals surface area contributed by atoms with Crippen LogP contribution in [0.2, 0.25) is 0 Å². The van der Waals surface area contributed by atoms with Crippen LogP contribution >= 0.6 is 11.8 Å². The summed E-state index contributed by atoms with van der Waals surface area (Å²) in [6, 6.07) is 4.32. The number of rotatable bonds is 4. The molecule has 2 N–H and O–H groups in total. The lowest BCUT2D eigenvalue weighted by molar-refractivity contribution is 0.127. The lowest BCUT2D eigenvalue weighted by atomic mass is 9.80. The van der Waals surface area contributed by atoms with Gasteiger partial charge in [-0.1, -0.05) is 12.1 Å². The van der Waals surface area contributed by atoms with Crippen molar-refractivity contribution in [3.05, 3.63) is 29.6 Å². The third-order valence-corrected chi connectivity index (χ3v) is 4.66. The molecule has 0 radical (unpaired) electrons. The fourth-order valence-corrected chi connectivity index (χ4v) is 3.21. The van der Waals surface area contributed by atoms with Gasteiger partial charge < -0.3 is 14.8 Å². The van der Waals surface area contributed by atoms with E-state index in [1.54, 1.807) is 17.8 Å². The van der Waals surface area contributed by atoms with Crippen LogP contribution in [-0.4, -0.2) is 35.1 Å². The summed E-state index contributed by atoms with van der Waals surface area (Å²) in [7, 11) is -1.62. The van der Waals surface area contributed by atoms with Gasteiger partial charge in [0.05, 0.1) is 6.10 Å². The van der Waals surface area contributed by atoms with Crippen molar-refractivity contribution in [1.29, 1.82) is 0 Å². The van der Waals surface area contributed by atoms with Crippen molar-refractivity contribution in [2.45, 2.75) is 30.5 Å². The topological polar surface area (TPSA) is 49.7 Å². The Hall–Kier alpha value is -0.555. The standard InChI is InChI=1S/C12H16BFO3S/c1-8-12(4-5-17-8)18-7-9-2-3-10(13(15)16)6-11(9)14/h2-3,6,8,12,15-16H,4-5,7H2,1H3. The van der Waals surface area contributed by atoms with Crippen molar-refractivity contribution >= 4 is 24.3 Å². The maximum absolute atomic E-state index is 13.7. The van der Waals surface area contributed by atoms with E-state index in [4.69, 9.17) is 14.8 Å². The van der Waals surface area contributed by atoms with Gasteiger partial charge in [0, 0.05) is 17.6 Å². The van der Waals surface area contributed by atoms with Crippen LogP contribution < -0.4 is 5.46 Å². The highest BCUT2D eigenvalue weighted by atomic mass is 32.2. The van der Waals surface area contributed by atoms with Gasteiger partial charge in [0.15, 0.2) is 0 Å². The molecule has 1 saturated heterocycles. The summed E-state index contributed by atoms with van der Waals surface area (Å²) in [5.41, 5.74) is 0.766. The third-order valence-electron chi connectivity index (χ3n) is 3.13. The van der Waals surface area contributed by atoms with Gasteiger partial charge in [0.2, 0.25) is 0 Å². The largest absolute Gasteiger partial charge is 0.488 e. The van der Waals surface area contributed by atoms with E-state index in [2.05, 4.69) is 0 Å². The van der Waals surface area contributed by atoms with Gasteiger partial charge in [-0.25, -0.2) is 4.39 Å². The molecular formula is C12H16BFO3S. The van der Waals surface area contributed by atoms with E-state index in [1.807, 2.05) is 6.92 Å². The summed E-state index contributed by atoms with van der Waals surface area (Å²) in [4.78, 5) is 0. The van der Waals surface area contributed by atoms with Crippen LogP contribution in [0, 0.1) is 5.82 Å². The molecule has 3 nitrogen and oxygen atoms in total. The molecule has 1 aromatic carbocycles. The molecule has 0 saturated carbocycles. The van der Waals surface area contributed by atoms with Crippen molar-refractivity contribution in [2.24, 2.45) is 0 Å². The first kappa shape index (κ1) is 13.9. The predicted molar refractivity (Wildman–Crippen MR) is 71.3 cm³/mol. The number of benzene rings is 1. The molecule has 2 unspecified atom stereocenters. The zero-order chi connectivity index (χ0) is 13.1. The molecule has 1 aliphatic rings. The van der Waals surface area contributed by atoms with Crippen LogP contribution in [0.5, 0.6) is 0 Å². The first-order valence-corrected chi connectivity index (χ1v) is 7.00. The van der Waals surface area contributed by atoms with Crippen molar-refractivity contribution in [2.75, 3.05) is 6.61 Å². The molecule has 1 heterocycles. The smallest absolute Gasteiger partial charge is 0.423 e. The quantitative estimate of drug-likeness (QED) is 0.799. The molecule has 1 aromatic rings. The second kappa shape index (κ2) is 6.06. The van der Waals surface area contributed by atoms with Gasteiger partial charge in [-0.3, -0.25) is 0 Å². The van der Waals surface area contributed by atoms with Gasteiger partial charge in [0.1, 0.15) is 5.82 Å². The maximum atomic E-state index is 13.7. The second-order valence-corrected chi connectivity index (χ2v) is 5.67. The highest BCUT2D eigenvalue weighted by molar-refractivity contribution is 7.99. The summed E-state index contributed by atoms with van der Waals surface area (Å²) in [6.07, 6.45) is 1.22. The SMILES string of the molecule is CC1OCCC1SCc1ccc(B(O)O)cc1F.